The Labute approximate surface area is 147 Å². The Bertz CT molecular complexity index is 744. The van der Waals surface area contributed by atoms with Crippen LogP contribution in [0.2, 0.25) is 0 Å². The molecule has 24 heavy (non-hydrogen) atoms. The molecule has 5 nitrogen and oxygen atoms in total. The Morgan fingerprint density at radius 1 is 1.04 bits per heavy atom. The van der Waals surface area contributed by atoms with Crippen molar-refractivity contribution >= 4 is 40.3 Å². The summed E-state index contributed by atoms with van der Waals surface area (Å²) in [7, 11) is 0. The molecule has 0 heterocycles. The highest BCUT2D eigenvalue weighted by Crippen LogP contribution is 2.13. The molecule has 0 unspecified atom stereocenters. The van der Waals surface area contributed by atoms with E-state index < -0.39 is 0 Å². The fraction of sp³-hybridized carbons (Fsp3) is 0.167. The third kappa shape index (κ3) is 5.81. The van der Waals surface area contributed by atoms with Crippen LogP contribution in [0.1, 0.15) is 18.9 Å². The summed E-state index contributed by atoms with van der Waals surface area (Å²) in [5.74, 6) is -0.116. The Balaban J connectivity index is 1.82. The first-order valence-electron chi connectivity index (χ1n) is 7.55. The number of carbonyl (C=O) groups excluding carboxylic acids is 1. The van der Waals surface area contributed by atoms with Gasteiger partial charge in [0.2, 0.25) is 5.91 Å². The fourth-order valence-corrected chi connectivity index (χ4v) is 2.17. The van der Waals surface area contributed by atoms with Crippen LogP contribution in [0.25, 0.3) is 0 Å². The summed E-state index contributed by atoms with van der Waals surface area (Å²) in [5.41, 5.74) is 6.08. The van der Waals surface area contributed by atoms with Gasteiger partial charge in [-0.2, -0.15) is 5.10 Å². The lowest BCUT2D eigenvalue weighted by Crippen LogP contribution is -2.25. The highest BCUT2D eigenvalue weighted by Gasteiger charge is 2.06. The van der Waals surface area contributed by atoms with Crippen molar-refractivity contribution in [1.82, 2.24) is 5.43 Å². The smallest absolute Gasteiger partial charge is 0.230 e. The van der Waals surface area contributed by atoms with Crippen LogP contribution in [0, 0.1) is 6.92 Å². The van der Waals surface area contributed by atoms with Gasteiger partial charge in [-0.15, -0.1) is 0 Å². The zero-order valence-corrected chi connectivity index (χ0v) is 14.5. The van der Waals surface area contributed by atoms with E-state index in [1.807, 2.05) is 61.5 Å². The summed E-state index contributed by atoms with van der Waals surface area (Å²) in [6.45, 7) is 3.72. The molecule has 0 radical (unpaired) electrons. The predicted molar refractivity (Wildman–Crippen MR) is 103 cm³/mol. The molecular formula is C18H20N4OS. The maximum absolute atomic E-state index is 12.0. The number of hydrogen-bond acceptors (Lipinski definition) is 3. The summed E-state index contributed by atoms with van der Waals surface area (Å²) in [6, 6.07) is 17.2. The second-order valence-corrected chi connectivity index (χ2v) is 5.73. The third-order valence-corrected chi connectivity index (χ3v) is 3.41. The van der Waals surface area contributed by atoms with Gasteiger partial charge in [-0.1, -0.05) is 36.4 Å². The number of anilines is 2. The highest BCUT2D eigenvalue weighted by atomic mass is 32.1. The third-order valence-electron chi connectivity index (χ3n) is 3.22. The van der Waals surface area contributed by atoms with E-state index in [1.54, 1.807) is 6.92 Å². The zero-order valence-electron chi connectivity index (χ0n) is 13.7. The molecule has 2 rings (SSSR count). The largest absolute Gasteiger partial charge is 0.331 e. The van der Waals surface area contributed by atoms with Crippen molar-refractivity contribution in [2.45, 2.75) is 20.3 Å². The van der Waals surface area contributed by atoms with Crippen molar-refractivity contribution < 1.29 is 4.79 Å². The van der Waals surface area contributed by atoms with E-state index in [2.05, 4.69) is 21.2 Å². The minimum Gasteiger partial charge on any atom is -0.331 e. The molecule has 2 aromatic carbocycles. The molecular weight excluding hydrogens is 320 g/mol. The number of nitrogens with zero attached hydrogens (tertiary/aromatic N) is 1. The lowest BCUT2D eigenvalue weighted by molar-refractivity contribution is -0.115. The maximum Gasteiger partial charge on any atom is 0.230 e. The first-order valence-corrected chi connectivity index (χ1v) is 7.96. The molecule has 0 aliphatic carbocycles. The monoisotopic (exact) mass is 340 g/mol. The average Bonchev–Trinajstić information content (AvgIpc) is 2.56. The van der Waals surface area contributed by atoms with Gasteiger partial charge in [0.1, 0.15) is 0 Å². The SMILES string of the molecule is C/C(CC(=O)Nc1ccccc1C)=N\NC(=S)Nc1ccccc1. The van der Waals surface area contributed by atoms with Crippen LogP contribution in [0.5, 0.6) is 0 Å². The van der Waals surface area contributed by atoms with Crippen LogP contribution in [0.3, 0.4) is 0 Å². The quantitative estimate of drug-likeness (QED) is 0.441. The maximum atomic E-state index is 12.0. The first kappa shape index (κ1) is 17.6. The minimum atomic E-state index is -0.116. The number of carbonyl (C=O) groups is 1. The molecule has 0 atom stereocenters. The van der Waals surface area contributed by atoms with E-state index in [0.717, 1.165) is 16.9 Å². The summed E-state index contributed by atoms with van der Waals surface area (Å²) in [5, 5.41) is 10.4. The van der Waals surface area contributed by atoms with Gasteiger partial charge < -0.3 is 10.6 Å². The molecule has 6 heteroatoms. The van der Waals surface area contributed by atoms with Crippen LogP contribution in [0.4, 0.5) is 11.4 Å². The van der Waals surface area contributed by atoms with Crippen LogP contribution in [-0.4, -0.2) is 16.7 Å². The number of para-hydroxylation sites is 2. The van der Waals surface area contributed by atoms with Gasteiger partial charge in [-0.25, -0.2) is 0 Å². The van der Waals surface area contributed by atoms with Gasteiger partial charge in [-0.05, 0) is 49.8 Å². The molecule has 0 aliphatic rings. The van der Waals surface area contributed by atoms with Crippen LogP contribution < -0.4 is 16.1 Å². The Kier molecular flexibility index (Phi) is 6.45. The highest BCUT2D eigenvalue weighted by molar-refractivity contribution is 7.80. The van der Waals surface area contributed by atoms with Crippen molar-refractivity contribution in [2.75, 3.05) is 10.6 Å². The number of rotatable bonds is 5. The number of hydrazone groups is 1. The second kappa shape index (κ2) is 8.79. The Morgan fingerprint density at radius 3 is 2.42 bits per heavy atom. The number of aryl methyl sites for hydroxylation is 1. The summed E-state index contributed by atoms with van der Waals surface area (Å²) < 4.78 is 0. The molecule has 1 amide bonds. The average molecular weight is 340 g/mol. The second-order valence-electron chi connectivity index (χ2n) is 5.32. The normalized spacial score (nSPS) is 10.8. The van der Waals surface area contributed by atoms with Crippen LogP contribution in [0.15, 0.2) is 59.7 Å². The molecule has 2 aromatic rings. The topological polar surface area (TPSA) is 65.5 Å². The van der Waals surface area contributed by atoms with E-state index >= 15 is 0 Å². The van der Waals surface area contributed by atoms with Gasteiger partial charge in [0.15, 0.2) is 5.11 Å². The van der Waals surface area contributed by atoms with E-state index in [0.29, 0.717) is 10.8 Å². The Morgan fingerprint density at radius 2 is 1.71 bits per heavy atom. The van der Waals surface area contributed by atoms with Crippen molar-refractivity contribution in [1.29, 1.82) is 0 Å². The van der Waals surface area contributed by atoms with Gasteiger partial charge in [0, 0.05) is 17.1 Å². The summed E-state index contributed by atoms with van der Waals surface area (Å²) >= 11 is 5.16. The Hall–Kier alpha value is -2.73. The molecule has 124 valence electrons. The van der Waals surface area contributed by atoms with Crippen LogP contribution >= 0.6 is 12.2 Å². The van der Waals surface area contributed by atoms with Crippen molar-refractivity contribution in [3.05, 3.63) is 60.2 Å². The van der Waals surface area contributed by atoms with Crippen molar-refractivity contribution in [2.24, 2.45) is 5.10 Å². The molecule has 0 aromatic heterocycles. The number of thiocarbonyl (C=S) groups is 1. The molecule has 0 fully saturated rings. The molecule has 0 saturated heterocycles. The predicted octanol–water partition coefficient (Wildman–Crippen LogP) is 3.69. The van der Waals surface area contributed by atoms with Gasteiger partial charge in [0.25, 0.3) is 0 Å². The number of nitrogens with one attached hydrogen (secondary N) is 3. The fourth-order valence-electron chi connectivity index (χ4n) is 2.01. The van der Waals surface area contributed by atoms with Gasteiger partial charge in [0.05, 0.1) is 6.42 Å². The molecule has 0 saturated carbocycles. The number of benzene rings is 2. The van der Waals surface area contributed by atoms with Crippen LogP contribution in [-0.2, 0) is 4.79 Å². The zero-order chi connectivity index (χ0) is 17.4. The molecule has 0 spiro atoms. The lowest BCUT2D eigenvalue weighted by Gasteiger charge is -2.09. The lowest BCUT2D eigenvalue weighted by atomic mass is 10.2. The van der Waals surface area contributed by atoms with Crippen molar-refractivity contribution in [3.63, 3.8) is 0 Å². The van der Waals surface area contributed by atoms with E-state index in [9.17, 15) is 4.79 Å². The van der Waals surface area contributed by atoms with E-state index in [-0.39, 0.29) is 12.3 Å². The van der Waals surface area contributed by atoms with Gasteiger partial charge in [-0.3, -0.25) is 10.2 Å². The standard InChI is InChI=1S/C18H20N4OS/c1-13-8-6-7-11-16(13)20-17(23)12-14(2)21-22-18(24)19-15-9-4-3-5-10-15/h3-11H,12H2,1-2H3,(H,20,23)(H2,19,22,24)/b21-14+. The number of amides is 1. The molecule has 0 aliphatic heterocycles. The minimum absolute atomic E-state index is 0.116. The molecule has 3 N–H and O–H groups in total. The summed E-state index contributed by atoms with van der Waals surface area (Å²) in [6.07, 6.45) is 0.190. The van der Waals surface area contributed by atoms with Gasteiger partial charge >= 0.3 is 0 Å². The molecule has 0 bridgehead atoms. The number of hydrogen-bond donors (Lipinski definition) is 3. The first-order chi connectivity index (χ1) is 11.5. The summed E-state index contributed by atoms with van der Waals surface area (Å²) in [4.78, 5) is 12.0. The van der Waals surface area contributed by atoms with E-state index in [4.69, 9.17) is 12.2 Å². The van der Waals surface area contributed by atoms with Crippen molar-refractivity contribution in [3.8, 4) is 0 Å². The van der Waals surface area contributed by atoms with E-state index in [1.165, 1.54) is 0 Å².